The van der Waals surface area contributed by atoms with E-state index < -0.39 is 46.4 Å². The van der Waals surface area contributed by atoms with Crippen LogP contribution in [-0.2, 0) is 23.8 Å². The average molecular weight is 427 g/mol. The molecule has 29 heavy (non-hydrogen) atoms. The quantitative estimate of drug-likeness (QED) is 0.231. The summed E-state index contributed by atoms with van der Waals surface area (Å²) in [6, 6.07) is 4.57. The molecule has 2 aliphatic rings. The van der Waals surface area contributed by atoms with Gasteiger partial charge in [-0.1, -0.05) is 22.8 Å². The molecule has 0 radical (unpaired) electrons. The molecule has 1 aromatic carbocycles. The molecule has 2 fully saturated rings. The van der Waals surface area contributed by atoms with Gasteiger partial charge >= 0.3 is 0 Å². The maximum atomic E-state index is 12.5. The first kappa shape index (κ1) is 22.0. The molecule has 1 aliphatic carbocycles. The summed E-state index contributed by atoms with van der Waals surface area (Å²) in [7, 11) is -4.30. The van der Waals surface area contributed by atoms with E-state index in [1.54, 1.807) is 32.9 Å². The fourth-order valence-corrected chi connectivity index (χ4v) is 4.80. The van der Waals surface area contributed by atoms with Crippen molar-refractivity contribution >= 4 is 10.1 Å². The first-order chi connectivity index (χ1) is 13.5. The van der Waals surface area contributed by atoms with E-state index in [-0.39, 0.29) is 10.8 Å². The van der Waals surface area contributed by atoms with E-state index in [1.165, 1.54) is 12.1 Å². The van der Waals surface area contributed by atoms with Gasteiger partial charge in [0.2, 0.25) is 0 Å². The highest BCUT2D eigenvalue weighted by Gasteiger charge is 2.52. The van der Waals surface area contributed by atoms with Crippen LogP contribution in [-0.4, -0.2) is 55.6 Å². The van der Waals surface area contributed by atoms with Gasteiger partial charge in [0.15, 0.2) is 12.1 Å². The third-order valence-electron chi connectivity index (χ3n) is 5.33. The van der Waals surface area contributed by atoms with E-state index in [9.17, 15) is 18.6 Å². The van der Waals surface area contributed by atoms with Crippen molar-refractivity contribution in [2.45, 2.75) is 62.4 Å². The largest absolute Gasteiger partial charge is 0.390 e. The van der Waals surface area contributed by atoms with Crippen molar-refractivity contribution in [3.05, 3.63) is 40.3 Å². The van der Waals surface area contributed by atoms with E-state index >= 15 is 0 Å². The Kier molecular flexibility index (Phi) is 6.21. The number of aliphatic hydroxyl groups is 2. The lowest BCUT2D eigenvalue weighted by Crippen LogP contribution is -2.48. The van der Waals surface area contributed by atoms with Gasteiger partial charge in [0.1, 0.15) is 0 Å². The van der Waals surface area contributed by atoms with Crippen molar-refractivity contribution in [3.63, 3.8) is 0 Å². The maximum absolute atomic E-state index is 12.5. The van der Waals surface area contributed by atoms with Crippen molar-refractivity contribution in [2.75, 3.05) is 6.61 Å². The predicted molar refractivity (Wildman–Crippen MR) is 101 cm³/mol. The number of rotatable bonds is 6. The Hall–Kier alpha value is -1.72. The minimum atomic E-state index is -4.30. The van der Waals surface area contributed by atoms with Crippen molar-refractivity contribution < 1.29 is 32.3 Å². The van der Waals surface area contributed by atoms with Crippen molar-refractivity contribution in [3.8, 4) is 0 Å². The predicted octanol–water partition coefficient (Wildman–Crippen LogP) is 1.85. The summed E-state index contributed by atoms with van der Waals surface area (Å²) in [6.45, 7) is 5.57. The minimum absolute atomic E-state index is 0.138. The van der Waals surface area contributed by atoms with Gasteiger partial charge in [0.25, 0.3) is 10.1 Å². The smallest absolute Gasteiger partial charge is 0.299 e. The summed E-state index contributed by atoms with van der Waals surface area (Å²) >= 11 is 0. The third-order valence-corrected chi connectivity index (χ3v) is 6.63. The van der Waals surface area contributed by atoms with Gasteiger partial charge in [0.05, 0.1) is 29.8 Å². The Labute approximate surface area is 169 Å². The summed E-state index contributed by atoms with van der Waals surface area (Å²) in [5, 5.41) is 24.7. The van der Waals surface area contributed by atoms with Crippen LogP contribution in [0.3, 0.4) is 0 Å². The number of aliphatic hydroxyl groups excluding tert-OH is 2. The highest BCUT2D eigenvalue weighted by molar-refractivity contribution is 7.86. The molecule has 0 bridgehead atoms. The zero-order valence-electron chi connectivity index (χ0n) is 16.4. The van der Waals surface area contributed by atoms with Gasteiger partial charge in [0, 0.05) is 16.7 Å². The molecule has 6 atom stereocenters. The fraction of sp³-hybridized carbons (Fsp3) is 0.667. The van der Waals surface area contributed by atoms with Crippen molar-refractivity contribution in [1.29, 1.82) is 0 Å². The monoisotopic (exact) mass is 427 g/mol. The van der Waals surface area contributed by atoms with Crippen LogP contribution in [0.2, 0.25) is 0 Å². The van der Waals surface area contributed by atoms with Crippen LogP contribution in [0.1, 0.15) is 25.8 Å². The molecule has 11 heteroatoms. The second kappa shape index (κ2) is 8.19. The number of azide groups is 1. The number of benzene rings is 1. The lowest BCUT2D eigenvalue weighted by Gasteiger charge is -2.39. The molecule has 10 nitrogen and oxygen atoms in total. The van der Waals surface area contributed by atoms with E-state index in [0.29, 0.717) is 13.0 Å². The Morgan fingerprint density at radius 2 is 2.00 bits per heavy atom. The SMILES string of the molecule is Cc1ccc(S(=O)(=O)O[C@H](O)C(N=[N+]=[N-])[C@@H]2CC3COC(C)(C)O[C@H]3C2O)cc1. The molecule has 2 N–H and O–H groups in total. The molecule has 1 aliphatic heterocycles. The first-order valence-electron chi connectivity index (χ1n) is 9.26. The zero-order valence-corrected chi connectivity index (χ0v) is 17.2. The molecule has 1 saturated carbocycles. The van der Waals surface area contributed by atoms with Crippen LogP contribution in [0.15, 0.2) is 34.3 Å². The number of fused-ring (bicyclic) bond motifs is 1. The summed E-state index contributed by atoms with van der Waals surface area (Å²) in [4.78, 5) is 2.57. The zero-order chi connectivity index (χ0) is 21.4. The Balaban J connectivity index is 1.79. The molecule has 1 heterocycles. The molecule has 0 spiro atoms. The number of nitrogens with zero attached hydrogens (tertiary/aromatic N) is 3. The van der Waals surface area contributed by atoms with Crippen LogP contribution in [0, 0.1) is 18.8 Å². The second-order valence-corrected chi connectivity index (χ2v) is 9.47. The molecule has 0 amide bonds. The van der Waals surface area contributed by atoms with Crippen LogP contribution in [0.25, 0.3) is 10.4 Å². The summed E-state index contributed by atoms with van der Waals surface area (Å²) in [5.74, 6) is -1.82. The molecule has 160 valence electrons. The van der Waals surface area contributed by atoms with Gasteiger partial charge in [-0.25, -0.2) is 4.18 Å². The summed E-state index contributed by atoms with van der Waals surface area (Å²) in [6.07, 6.45) is -3.32. The molecular weight excluding hydrogens is 402 g/mol. The van der Waals surface area contributed by atoms with Gasteiger partial charge in [-0.3, -0.25) is 0 Å². The highest BCUT2D eigenvalue weighted by atomic mass is 32.2. The van der Waals surface area contributed by atoms with Gasteiger partial charge in [-0.15, -0.1) is 0 Å². The van der Waals surface area contributed by atoms with E-state index in [0.717, 1.165) is 5.56 Å². The second-order valence-electron chi connectivity index (χ2n) is 7.89. The van der Waals surface area contributed by atoms with Gasteiger partial charge < -0.3 is 19.7 Å². The van der Waals surface area contributed by atoms with Crippen LogP contribution in [0.5, 0.6) is 0 Å². The Bertz CT molecular complexity index is 883. The van der Waals surface area contributed by atoms with Crippen molar-refractivity contribution in [1.82, 2.24) is 0 Å². The maximum Gasteiger partial charge on any atom is 0.299 e. The number of aryl methyl sites for hydroxylation is 1. The number of hydrogen-bond acceptors (Lipinski definition) is 8. The molecule has 3 unspecified atom stereocenters. The molecular formula is C18H25N3O7S. The molecule has 1 aromatic rings. The lowest BCUT2D eigenvalue weighted by atomic mass is 9.95. The first-order valence-corrected chi connectivity index (χ1v) is 10.7. The average Bonchev–Trinajstić information content (AvgIpc) is 2.94. The lowest BCUT2D eigenvalue weighted by molar-refractivity contribution is -0.298. The molecule has 0 aromatic heterocycles. The van der Waals surface area contributed by atoms with Gasteiger partial charge in [-0.2, -0.15) is 8.42 Å². The van der Waals surface area contributed by atoms with E-state index in [1.807, 2.05) is 0 Å². The molecule has 1 saturated heterocycles. The van der Waals surface area contributed by atoms with Gasteiger partial charge in [-0.05, 0) is 44.9 Å². The standard InChI is InChI=1S/C18H25N3O7S/c1-10-4-6-12(7-5-10)29(24,25)28-17(23)14(20-21-19)13-8-11-9-26-18(2,3)27-16(11)15(13)22/h4-7,11,13-17,22-23H,8-9H2,1-3H3/t11?,13-,14?,15?,16+,17-/m0/s1. The summed E-state index contributed by atoms with van der Waals surface area (Å²) < 4.78 is 41.2. The Morgan fingerprint density at radius 3 is 2.62 bits per heavy atom. The van der Waals surface area contributed by atoms with Crippen LogP contribution < -0.4 is 0 Å². The highest BCUT2D eigenvalue weighted by Crippen LogP contribution is 2.43. The number of ether oxygens (including phenoxy) is 2. The number of hydrogen-bond donors (Lipinski definition) is 2. The van der Waals surface area contributed by atoms with Crippen LogP contribution in [0.4, 0.5) is 0 Å². The summed E-state index contributed by atoms with van der Waals surface area (Å²) in [5.41, 5.74) is 9.78. The third kappa shape index (κ3) is 4.72. The van der Waals surface area contributed by atoms with E-state index in [4.69, 9.17) is 19.2 Å². The molecule has 3 rings (SSSR count). The topological polar surface area (TPSA) is 151 Å². The van der Waals surface area contributed by atoms with E-state index in [2.05, 4.69) is 10.0 Å². The Morgan fingerprint density at radius 1 is 1.34 bits per heavy atom. The van der Waals surface area contributed by atoms with Crippen molar-refractivity contribution in [2.24, 2.45) is 17.0 Å². The normalized spacial score (nSPS) is 30.8. The fourth-order valence-electron chi connectivity index (χ4n) is 3.85. The van der Waals surface area contributed by atoms with Crippen LogP contribution >= 0.6 is 0 Å². The minimum Gasteiger partial charge on any atom is -0.390 e.